The third kappa shape index (κ3) is 4.56. The van der Waals surface area contributed by atoms with Gasteiger partial charge in [-0.15, -0.1) is 0 Å². The first-order valence-electron chi connectivity index (χ1n) is 6.90. The molecule has 118 valence electrons. The zero-order valence-corrected chi connectivity index (χ0v) is 12.8. The molecule has 2 rings (SSSR count). The minimum atomic E-state index is -0.148. The molecular weight excluding hydrogens is 286 g/mol. The van der Waals surface area contributed by atoms with Gasteiger partial charge in [0, 0.05) is 25.6 Å². The van der Waals surface area contributed by atoms with Gasteiger partial charge in [0.25, 0.3) is 5.91 Å². The van der Waals surface area contributed by atoms with Crippen molar-refractivity contribution in [1.29, 1.82) is 0 Å². The Morgan fingerprint density at radius 2 is 2.09 bits per heavy atom. The molecule has 0 fully saturated rings. The van der Waals surface area contributed by atoms with Crippen LogP contribution in [0.15, 0.2) is 28.8 Å². The lowest BCUT2D eigenvalue weighted by Crippen LogP contribution is -2.35. The topological polar surface area (TPSA) is 86.5 Å². The zero-order valence-electron chi connectivity index (χ0n) is 12.8. The molecule has 0 radical (unpaired) electrons. The van der Waals surface area contributed by atoms with Crippen LogP contribution in [0.5, 0.6) is 5.75 Å². The molecule has 1 N–H and O–H groups in total. The van der Waals surface area contributed by atoms with E-state index in [1.54, 1.807) is 38.3 Å². The van der Waals surface area contributed by atoms with E-state index in [1.165, 1.54) is 0 Å². The van der Waals surface area contributed by atoms with Crippen molar-refractivity contribution in [2.24, 2.45) is 0 Å². The Kier molecular flexibility index (Phi) is 5.48. The highest BCUT2D eigenvalue weighted by Crippen LogP contribution is 2.13. The van der Waals surface area contributed by atoms with Crippen LogP contribution in [0.3, 0.4) is 0 Å². The third-order valence-corrected chi connectivity index (χ3v) is 2.85. The smallest absolute Gasteiger partial charge is 0.251 e. The number of methoxy groups -OCH3 is 1. The maximum atomic E-state index is 12.0. The fourth-order valence-corrected chi connectivity index (χ4v) is 1.85. The summed E-state index contributed by atoms with van der Waals surface area (Å²) in [5.41, 5.74) is 0.561. The highest BCUT2D eigenvalue weighted by Gasteiger charge is 2.10. The van der Waals surface area contributed by atoms with E-state index in [2.05, 4.69) is 15.5 Å². The molecule has 7 heteroatoms. The average molecular weight is 305 g/mol. The van der Waals surface area contributed by atoms with Crippen molar-refractivity contribution >= 4 is 5.91 Å². The minimum Gasteiger partial charge on any atom is -0.485 e. The predicted octanol–water partition coefficient (Wildman–Crippen LogP) is 1.72. The molecule has 0 aliphatic heterocycles. The van der Waals surface area contributed by atoms with Crippen LogP contribution in [0, 0.1) is 6.92 Å². The molecule has 1 aromatic heterocycles. The van der Waals surface area contributed by atoms with Crippen LogP contribution in [0.25, 0.3) is 0 Å². The van der Waals surface area contributed by atoms with Crippen LogP contribution >= 0.6 is 0 Å². The number of benzene rings is 1. The first-order valence-corrected chi connectivity index (χ1v) is 6.90. The molecule has 1 aromatic carbocycles. The molecule has 2 aromatic rings. The first-order chi connectivity index (χ1) is 10.6. The molecule has 22 heavy (non-hydrogen) atoms. The number of hydrogen-bond donors (Lipinski definition) is 1. The molecule has 0 aliphatic rings. The van der Waals surface area contributed by atoms with Gasteiger partial charge in [-0.25, -0.2) is 0 Å². The van der Waals surface area contributed by atoms with E-state index in [1.807, 2.05) is 6.92 Å². The van der Waals surface area contributed by atoms with Gasteiger partial charge in [-0.2, -0.15) is 4.98 Å². The number of nitrogens with zero attached hydrogens (tertiary/aromatic N) is 2. The molecule has 0 bridgehead atoms. The quantitative estimate of drug-likeness (QED) is 0.838. The Labute approximate surface area is 128 Å². The molecule has 7 nitrogen and oxygen atoms in total. The van der Waals surface area contributed by atoms with Crippen LogP contribution in [0.1, 0.15) is 29.0 Å². The monoisotopic (exact) mass is 305 g/mol. The Morgan fingerprint density at radius 3 is 2.68 bits per heavy atom. The van der Waals surface area contributed by atoms with Crippen molar-refractivity contribution in [2.75, 3.05) is 13.7 Å². The Hall–Kier alpha value is -2.41. The SMILES string of the molecule is COCC(C)NC(=O)c1ccc(OCc2noc(C)n2)cc1. The number of aromatic nitrogens is 2. The van der Waals surface area contributed by atoms with Gasteiger partial charge < -0.3 is 19.3 Å². The lowest BCUT2D eigenvalue weighted by atomic mass is 10.2. The number of nitrogens with one attached hydrogen (secondary N) is 1. The predicted molar refractivity (Wildman–Crippen MR) is 78.6 cm³/mol. The summed E-state index contributed by atoms with van der Waals surface area (Å²) in [5.74, 6) is 1.46. The largest absolute Gasteiger partial charge is 0.485 e. The number of aryl methyl sites for hydroxylation is 1. The lowest BCUT2D eigenvalue weighted by Gasteiger charge is -2.12. The summed E-state index contributed by atoms with van der Waals surface area (Å²) in [4.78, 5) is 16.0. The number of hydrogen-bond acceptors (Lipinski definition) is 6. The molecule has 1 amide bonds. The summed E-state index contributed by atoms with van der Waals surface area (Å²) in [7, 11) is 1.60. The van der Waals surface area contributed by atoms with Gasteiger partial charge in [0.15, 0.2) is 6.61 Å². The van der Waals surface area contributed by atoms with Crippen molar-refractivity contribution in [3.8, 4) is 5.75 Å². The Bertz CT molecular complexity index is 610. The number of ether oxygens (including phenoxy) is 2. The normalized spacial score (nSPS) is 12.0. The van der Waals surface area contributed by atoms with E-state index in [0.29, 0.717) is 29.6 Å². The third-order valence-electron chi connectivity index (χ3n) is 2.85. The first kappa shape index (κ1) is 16.0. The second-order valence-electron chi connectivity index (χ2n) is 4.87. The summed E-state index contributed by atoms with van der Waals surface area (Å²) < 4.78 is 15.4. The van der Waals surface area contributed by atoms with Gasteiger partial charge in [-0.05, 0) is 31.2 Å². The number of rotatable bonds is 7. The number of carbonyl (C=O) groups is 1. The van der Waals surface area contributed by atoms with Crippen molar-refractivity contribution in [1.82, 2.24) is 15.5 Å². The van der Waals surface area contributed by atoms with Crippen LogP contribution in [-0.4, -0.2) is 35.8 Å². The van der Waals surface area contributed by atoms with E-state index in [-0.39, 0.29) is 18.6 Å². The maximum absolute atomic E-state index is 12.0. The average Bonchev–Trinajstić information content (AvgIpc) is 2.91. The van der Waals surface area contributed by atoms with Crippen molar-refractivity contribution in [3.63, 3.8) is 0 Å². The highest BCUT2D eigenvalue weighted by molar-refractivity contribution is 5.94. The van der Waals surface area contributed by atoms with E-state index >= 15 is 0 Å². The fraction of sp³-hybridized carbons (Fsp3) is 0.400. The van der Waals surface area contributed by atoms with Gasteiger partial charge in [0.1, 0.15) is 5.75 Å². The van der Waals surface area contributed by atoms with Crippen molar-refractivity contribution < 1.29 is 18.8 Å². The second kappa shape index (κ2) is 7.56. The van der Waals surface area contributed by atoms with Crippen LogP contribution in [-0.2, 0) is 11.3 Å². The van der Waals surface area contributed by atoms with Gasteiger partial charge in [0.05, 0.1) is 6.61 Å². The zero-order chi connectivity index (χ0) is 15.9. The lowest BCUT2D eigenvalue weighted by molar-refractivity contribution is 0.0905. The second-order valence-corrected chi connectivity index (χ2v) is 4.87. The summed E-state index contributed by atoms with van der Waals surface area (Å²) in [6.07, 6.45) is 0. The van der Waals surface area contributed by atoms with E-state index in [4.69, 9.17) is 14.0 Å². The van der Waals surface area contributed by atoms with Gasteiger partial charge >= 0.3 is 0 Å². The summed E-state index contributed by atoms with van der Waals surface area (Å²) in [5, 5.41) is 6.58. The van der Waals surface area contributed by atoms with Crippen molar-refractivity contribution in [3.05, 3.63) is 41.5 Å². The molecule has 0 saturated carbocycles. The van der Waals surface area contributed by atoms with Gasteiger partial charge in [-0.1, -0.05) is 5.16 Å². The molecule has 1 heterocycles. The molecule has 1 unspecified atom stereocenters. The van der Waals surface area contributed by atoms with E-state index < -0.39 is 0 Å². The van der Waals surface area contributed by atoms with Gasteiger partial charge in [0.2, 0.25) is 11.7 Å². The minimum absolute atomic E-state index is 0.0464. The molecule has 0 saturated heterocycles. The molecule has 1 atom stereocenters. The summed E-state index contributed by atoms with van der Waals surface area (Å²) in [6, 6.07) is 6.80. The summed E-state index contributed by atoms with van der Waals surface area (Å²) >= 11 is 0. The molecular formula is C15H19N3O4. The Morgan fingerprint density at radius 1 is 1.36 bits per heavy atom. The van der Waals surface area contributed by atoms with Crippen molar-refractivity contribution in [2.45, 2.75) is 26.5 Å². The number of amides is 1. The van der Waals surface area contributed by atoms with Crippen LogP contribution in [0.4, 0.5) is 0 Å². The van der Waals surface area contributed by atoms with Crippen LogP contribution in [0.2, 0.25) is 0 Å². The highest BCUT2D eigenvalue weighted by atomic mass is 16.5. The van der Waals surface area contributed by atoms with E-state index in [9.17, 15) is 4.79 Å². The van der Waals surface area contributed by atoms with Gasteiger partial charge in [-0.3, -0.25) is 4.79 Å². The summed E-state index contributed by atoms with van der Waals surface area (Å²) in [6.45, 7) is 4.28. The van der Waals surface area contributed by atoms with E-state index in [0.717, 1.165) is 0 Å². The number of carbonyl (C=O) groups excluding carboxylic acids is 1. The standard InChI is InChI=1S/C15H19N3O4/c1-10(8-20-3)16-15(19)12-4-6-13(7-5-12)21-9-14-17-11(2)22-18-14/h4-7,10H,8-9H2,1-3H3,(H,16,19). The molecule has 0 aliphatic carbocycles. The molecule has 0 spiro atoms. The fourth-order valence-electron chi connectivity index (χ4n) is 1.85. The maximum Gasteiger partial charge on any atom is 0.251 e. The Balaban J connectivity index is 1.88. The van der Waals surface area contributed by atoms with Crippen LogP contribution < -0.4 is 10.1 Å².